The molecular weight excluding hydrogens is 204 g/mol. The Hall–Kier alpha value is -1.35. The summed E-state index contributed by atoms with van der Waals surface area (Å²) >= 11 is 0. The second-order valence-corrected chi connectivity index (χ2v) is 3.66. The number of carbonyl (C=O) groups excluding carboxylic acids is 1. The van der Waals surface area contributed by atoms with E-state index in [0.717, 1.165) is 18.4 Å². The van der Waals surface area contributed by atoms with Crippen LogP contribution in [0.25, 0.3) is 0 Å². The molecule has 3 nitrogen and oxygen atoms in total. The van der Waals surface area contributed by atoms with Gasteiger partial charge in [0.25, 0.3) is 0 Å². The van der Waals surface area contributed by atoms with Gasteiger partial charge in [-0.15, -0.1) is 0 Å². The Morgan fingerprint density at radius 2 is 2.25 bits per heavy atom. The Bertz CT molecular complexity index is 334. The van der Waals surface area contributed by atoms with Crippen LogP contribution in [0, 0.1) is 0 Å². The van der Waals surface area contributed by atoms with Crippen LogP contribution in [0.5, 0.6) is 0 Å². The molecule has 0 atom stereocenters. The van der Waals surface area contributed by atoms with Crippen LogP contribution in [-0.4, -0.2) is 24.3 Å². The topological polar surface area (TPSA) is 46.5 Å². The van der Waals surface area contributed by atoms with Crippen LogP contribution in [0.15, 0.2) is 24.3 Å². The van der Waals surface area contributed by atoms with Crippen LogP contribution in [0.1, 0.15) is 35.7 Å². The number of carbonyl (C=O) groups is 1. The van der Waals surface area contributed by atoms with E-state index in [1.54, 1.807) is 6.07 Å². The maximum Gasteiger partial charge on any atom is 0.338 e. The van der Waals surface area contributed by atoms with E-state index in [2.05, 4.69) is 0 Å². The van der Waals surface area contributed by atoms with Crippen LogP contribution in [-0.2, 0) is 11.2 Å². The van der Waals surface area contributed by atoms with Crippen molar-refractivity contribution in [3.8, 4) is 0 Å². The molecule has 0 aromatic heterocycles. The molecule has 16 heavy (non-hydrogen) atoms. The number of hydrogen-bond donors (Lipinski definition) is 1. The summed E-state index contributed by atoms with van der Waals surface area (Å²) in [5.74, 6) is -0.271. The molecular formula is C13H18O3. The Balaban J connectivity index is 2.62. The predicted molar refractivity (Wildman–Crippen MR) is 62.4 cm³/mol. The van der Waals surface area contributed by atoms with Crippen LogP contribution >= 0.6 is 0 Å². The highest BCUT2D eigenvalue weighted by molar-refractivity contribution is 5.89. The quantitative estimate of drug-likeness (QED) is 0.750. The molecule has 1 aromatic carbocycles. The largest absolute Gasteiger partial charge is 0.462 e. The van der Waals surface area contributed by atoms with E-state index in [1.807, 2.05) is 25.1 Å². The standard InChI is InChI=1S/C13H18O3/c1-2-9-16-13(15)12-7-3-5-11(10-12)6-4-8-14/h3,5,7,10,14H,2,4,6,8-9H2,1H3. The second-order valence-electron chi connectivity index (χ2n) is 3.66. The van der Waals surface area contributed by atoms with Gasteiger partial charge in [0.15, 0.2) is 0 Å². The first kappa shape index (κ1) is 12.7. The average molecular weight is 222 g/mol. The Morgan fingerprint density at radius 1 is 1.44 bits per heavy atom. The highest BCUT2D eigenvalue weighted by Crippen LogP contribution is 2.09. The zero-order valence-electron chi connectivity index (χ0n) is 9.61. The fourth-order valence-corrected chi connectivity index (χ4v) is 1.42. The van der Waals surface area contributed by atoms with Crippen LogP contribution in [0.3, 0.4) is 0 Å². The lowest BCUT2D eigenvalue weighted by Crippen LogP contribution is -2.06. The number of aliphatic hydroxyl groups excluding tert-OH is 1. The van der Waals surface area contributed by atoms with Crippen molar-refractivity contribution in [3.05, 3.63) is 35.4 Å². The second kappa shape index (κ2) is 7.01. The van der Waals surface area contributed by atoms with Crippen molar-refractivity contribution in [1.29, 1.82) is 0 Å². The van der Waals surface area contributed by atoms with E-state index >= 15 is 0 Å². The molecule has 0 unspecified atom stereocenters. The van der Waals surface area contributed by atoms with Gasteiger partial charge in [-0.3, -0.25) is 0 Å². The van der Waals surface area contributed by atoms with E-state index in [1.165, 1.54) is 0 Å². The summed E-state index contributed by atoms with van der Waals surface area (Å²) in [6.45, 7) is 2.59. The molecule has 0 radical (unpaired) electrons. The zero-order chi connectivity index (χ0) is 11.8. The molecule has 88 valence electrons. The smallest absolute Gasteiger partial charge is 0.338 e. The van der Waals surface area contributed by atoms with Gasteiger partial charge in [0.2, 0.25) is 0 Å². The molecule has 1 aromatic rings. The van der Waals surface area contributed by atoms with Gasteiger partial charge in [0.05, 0.1) is 12.2 Å². The molecule has 1 N–H and O–H groups in total. The highest BCUT2D eigenvalue weighted by Gasteiger charge is 2.06. The van der Waals surface area contributed by atoms with Gasteiger partial charge in [-0.25, -0.2) is 4.79 Å². The molecule has 0 amide bonds. The maximum atomic E-state index is 11.6. The number of benzene rings is 1. The molecule has 0 fully saturated rings. The maximum absolute atomic E-state index is 11.6. The van der Waals surface area contributed by atoms with Gasteiger partial charge >= 0.3 is 5.97 Å². The monoisotopic (exact) mass is 222 g/mol. The molecule has 0 aliphatic carbocycles. The van der Waals surface area contributed by atoms with E-state index in [-0.39, 0.29) is 12.6 Å². The number of hydrogen-bond acceptors (Lipinski definition) is 3. The van der Waals surface area contributed by atoms with E-state index in [9.17, 15) is 4.79 Å². The number of rotatable bonds is 6. The lowest BCUT2D eigenvalue weighted by molar-refractivity contribution is 0.0505. The molecule has 0 saturated carbocycles. The van der Waals surface area contributed by atoms with Crippen molar-refractivity contribution >= 4 is 5.97 Å². The minimum atomic E-state index is -0.271. The molecule has 1 rings (SSSR count). The molecule has 0 aliphatic rings. The van der Waals surface area contributed by atoms with E-state index in [4.69, 9.17) is 9.84 Å². The van der Waals surface area contributed by atoms with Crippen molar-refractivity contribution in [3.63, 3.8) is 0 Å². The fraction of sp³-hybridized carbons (Fsp3) is 0.462. The Morgan fingerprint density at radius 3 is 2.94 bits per heavy atom. The number of aliphatic hydroxyl groups is 1. The van der Waals surface area contributed by atoms with Crippen LogP contribution in [0.2, 0.25) is 0 Å². The third-order valence-corrected chi connectivity index (χ3v) is 2.22. The Kier molecular flexibility index (Phi) is 5.57. The lowest BCUT2D eigenvalue weighted by Gasteiger charge is -2.05. The third-order valence-electron chi connectivity index (χ3n) is 2.22. The Labute approximate surface area is 96.1 Å². The summed E-state index contributed by atoms with van der Waals surface area (Å²) in [6.07, 6.45) is 2.33. The van der Waals surface area contributed by atoms with Gasteiger partial charge in [0.1, 0.15) is 0 Å². The van der Waals surface area contributed by atoms with Gasteiger partial charge in [-0.1, -0.05) is 19.1 Å². The van der Waals surface area contributed by atoms with Crippen molar-refractivity contribution in [1.82, 2.24) is 0 Å². The molecule has 0 saturated heterocycles. The van der Waals surface area contributed by atoms with Crippen LogP contribution < -0.4 is 0 Å². The van der Waals surface area contributed by atoms with Crippen molar-refractivity contribution < 1.29 is 14.6 Å². The summed E-state index contributed by atoms with van der Waals surface area (Å²) in [5.41, 5.74) is 1.64. The summed E-state index contributed by atoms with van der Waals surface area (Å²) in [4.78, 5) is 11.6. The first-order valence-electron chi connectivity index (χ1n) is 5.65. The fourth-order valence-electron chi connectivity index (χ4n) is 1.42. The molecule has 0 aliphatic heterocycles. The molecule has 0 spiro atoms. The molecule has 0 bridgehead atoms. The minimum absolute atomic E-state index is 0.171. The summed E-state index contributed by atoms with van der Waals surface area (Å²) in [7, 11) is 0. The molecule has 3 heteroatoms. The normalized spacial score (nSPS) is 10.1. The highest BCUT2D eigenvalue weighted by atomic mass is 16.5. The predicted octanol–water partition coefficient (Wildman–Crippen LogP) is 2.18. The lowest BCUT2D eigenvalue weighted by atomic mass is 10.1. The first-order valence-corrected chi connectivity index (χ1v) is 5.65. The van der Waals surface area contributed by atoms with Crippen molar-refractivity contribution in [2.45, 2.75) is 26.2 Å². The van der Waals surface area contributed by atoms with Gasteiger partial charge < -0.3 is 9.84 Å². The van der Waals surface area contributed by atoms with Crippen molar-refractivity contribution in [2.75, 3.05) is 13.2 Å². The number of aryl methyl sites for hydroxylation is 1. The number of esters is 1. The van der Waals surface area contributed by atoms with E-state index in [0.29, 0.717) is 18.6 Å². The van der Waals surface area contributed by atoms with Gasteiger partial charge in [-0.2, -0.15) is 0 Å². The first-order chi connectivity index (χ1) is 7.77. The molecule has 0 heterocycles. The summed E-state index contributed by atoms with van der Waals surface area (Å²) in [6, 6.07) is 7.37. The zero-order valence-corrected chi connectivity index (χ0v) is 9.61. The SMILES string of the molecule is CCCOC(=O)c1cccc(CCCO)c1. The van der Waals surface area contributed by atoms with Gasteiger partial charge in [-0.05, 0) is 37.0 Å². The summed E-state index contributed by atoms with van der Waals surface area (Å²) in [5, 5.41) is 8.73. The number of ether oxygens (including phenoxy) is 1. The summed E-state index contributed by atoms with van der Waals surface area (Å²) < 4.78 is 5.05. The minimum Gasteiger partial charge on any atom is -0.462 e. The van der Waals surface area contributed by atoms with Gasteiger partial charge in [0, 0.05) is 6.61 Å². The van der Waals surface area contributed by atoms with E-state index < -0.39 is 0 Å². The third kappa shape index (κ3) is 4.03. The van der Waals surface area contributed by atoms with Crippen molar-refractivity contribution in [2.24, 2.45) is 0 Å². The van der Waals surface area contributed by atoms with Crippen LogP contribution in [0.4, 0.5) is 0 Å². The average Bonchev–Trinajstić information content (AvgIpc) is 2.33.